The summed E-state index contributed by atoms with van der Waals surface area (Å²) in [6.07, 6.45) is 3.76. The van der Waals surface area contributed by atoms with Gasteiger partial charge in [0, 0.05) is 18.4 Å². The van der Waals surface area contributed by atoms with Crippen LogP contribution in [-0.4, -0.2) is 26.0 Å². The van der Waals surface area contributed by atoms with Crippen LogP contribution in [0.1, 0.15) is 38.7 Å². The van der Waals surface area contributed by atoms with E-state index in [1.54, 1.807) is 17.5 Å². The van der Waals surface area contributed by atoms with E-state index in [0.717, 1.165) is 4.88 Å². The Morgan fingerprint density at radius 1 is 1.27 bits per heavy atom. The van der Waals surface area contributed by atoms with Crippen LogP contribution in [0, 0.1) is 0 Å². The van der Waals surface area contributed by atoms with Gasteiger partial charge in [-0.05, 0) is 38.3 Å². The van der Waals surface area contributed by atoms with Gasteiger partial charge in [0.1, 0.15) is 0 Å². The predicted octanol–water partition coefficient (Wildman–Crippen LogP) is 3.29. The molecule has 3 rings (SSSR count). The molecule has 3 unspecified atom stereocenters. The van der Waals surface area contributed by atoms with Gasteiger partial charge < -0.3 is 9.84 Å². The Labute approximate surface area is 133 Å². The van der Waals surface area contributed by atoms with Gasteiger partial charge in [0.15, 0.2) is 0 Å². The van der Waals surface area contributed by atoms with Crippen molar-refractivity contribution in [2.75, 3.05) is 0 Å². The molecule has 0 aliphatic heterocycles. The summed E-state index contributed by atoms with van der Waals surface area (Å²) < 4.78 is 7.32. The monoisotopic (exact) mass is 317 g/mol. The third-order valence-corrected chi connectivity index (χ3v) is 4.60. The van der Waals surface area contributed by atoms with Gasteiger partial charge in [-0.3, -0.25) is 4.68 Å². The maximum atomic E-state index is 5.38. The molecule has 7 heteroatoms. The molecule has 0 aliphatic rings. The quantitative estimate of drug-likeness (QED) is 0.755. The topological polar surface area (TPSA) is 68.8 Å². The van der Waals surface area contributed by atoms with Crippen molar-refractivity contribution < 1.29 is 4.52 Å². The predicted molar refractivity (Wildman–Crippen MR) is 85.6 cm³/mol. The second kappa shape index (κ2) is 6.41. The molecular weight excluding hydrogens is 298 g/mol. The molecule has 3 atom stereocenters. The molecule has 0 spiro atoms. The Bertz CT molecular complexity index is 691. The lowest BCUT2D eigenvalue weighted by Gasteiger charge is -2.24. The zero-order valence-corrected chi connectivity index (χ0v) is 13.6. The van der Waals surface area contributed by atoms with Gasteiger partial charge in [0.25, 0.3) is 0 Å². The van der Waals surface area contributed by atoms with Gasteiger partial charge in [-0.2, -0.15) is 10.1 Å². The molecule has 0 amide bonds. The van der Waals surface area contributed by atoms with Crippen LogP contribution in [0.25, 0.3) is 10.7 Å². The van der Waals surface area contributed by atoms with Crippen LogP contribution >= 0.6 is 11.3 Å². The highest BCUT2D eigenvalue weighted by atomic mass is 32.1. The molecule has 1 N–H and O–H groups in total. The van der Waals surface area contributed by atoms with E-state index >= 15 is 0 Å². The third-order valence-electron chi connectivity index (χ3n) is 3.73. The first-order valence-corrected chi connectivity index (χ1v) is 8.16. The van der Waals surface area contributed by atoms with Crippen LogP contribution in [0.2, 0.25) is 0 Å². The minimum atomic E-state index is -0.0192. The van der Waals surface area contributed by atoms with Gasteiger partial charge in [0.05, 0.1) is 17.0 Å². The van der Waals surface area contributed by atoms with Gasteiger partial charge in [-0.15, -0.1) is 11.3 Å². The Balaban J connectivity index is 1.65. The van der Waals surface area contributed by atoms with Crippen LogP contribution in [0.4, 0.5) is 0 Å². The number of thiophene rings is 1. The molecule has 0 saturated carbocycles. The molecule has 0 saturated heterocycles. The number of rotatable bonds is 6. The highest BCUT2D eigenvalue weighted by Crippen LogP contribution is 2.23. The van der Waals surface area contributed by atoms with Crippen LogP contribution in [0.3, 0.4) is 0 Å². The normalized spacial score (nSPS) is 15.6. The maximum absolute atomic E-state index is 5.38. The second-order valence-corrected chi connectivity index (χ2v) is 6.28. The number of nitrogens with zero attached hydrogens (tertiary/aromatic N) is 4. The van der Waals surface area contributed by atoms with E-state index in [0.29, 0.717) is 11.7 Å². The average Bonchev–Trinajstić information content (AvgIpc) is 3.26. The Morgan fingerprint density at radius 3 is 2.82 bits per heavy atom. The lowest BCUT2D eigenvalue weighted by Crippen LogP contribution is -2.35. The Kier molecular flexibility index (Phi) is 4.35. The molecule has 3 aromatic rings. The third kappa shape index (κ3) is 3.10. The van der Waals surface area contributed by atoms with Crippen molar-refractivity contribution in [2.45, 2.75) is 38.9 Å². The van der Waals surface area contributed by atoms with E-state index in [9.17, 15) is 0 Å². The molecule has 0 aromatic carbocycles. The van der Waals surface area contributed by atoms with E-state index in [4.69, 9.17) is 4.52 Å². The molecule has 0 fully saturated rings. The standard InChI is InChI=1S/C15H19N5OS/c1-10(12(3)20-8-5-7-16-20)17-11(2)15-18-14(19-21-15)13-6-4-9-22-13/h4-12,17H,1-3H3. The summed E-state index contributed by atoms with van der Waals surface area (Å²) in [5, 5.41) is 13.8. The highest BCUT2D eigenvalue weighted by molar-refractivity contribution is 7.13. The van der Waals surface area contributed by atoms with Crippen LogP contribution in [-0.2, 0) is 0 Å². The number of nitrogens with one attached hydrogen (secondary N) is 1. The number of hydrogen-bond donors (Lipinski definition) is 1. The molecule has 0 aliphatic carbocycles. The fourth-order valence-electron chi connectivity index (χ4n) is 2.27. The van der Waals surface area contributed by atoms with Crippen LogP contribution in [0.5, 0.6) is 0 Å². The van der Waals surface area contributed by atoms with E-state index < -0.39 is 0 Å². The summed E-state index contributed by atoms with van der Waals surface area (Å²) in [5.74, 6) is 1.24. The summed E-state index contributed by atoms with van der Waals surface area (Å²) in [6, 6.07) is 6.32. The lowest BCUT2D eigenvalue weighted by molar-refractivity contribution is 0.292. The van der Waals surface area contributed by atoms with Crippen molar-refractivity contribution in [3.05, 3.63) is 41.9 Å². The summed E-state index contributed by atoms with van der Waals surface area (Å²) in [5.41, 5.74) is 0. The molecule has 0 radical (unpaired) electrons. The molecule has 0 bridgehead atoms. The summed E-state index contributed by atoms with van der Waals surface area (Å²) in [4.78, 5) is 5.49. The second-order valence-electron chi connectivity index (χ2n) is 5.34. The highest BCUT2D eigenvalue weighted by Gasteiger charge is 2.21. The first kappa shape index (κ1) is 14.9. The minimum Gasteiger partial charge on any atom is -0.337 e. The minimum absolute atomic E-state index is 0.0192. The smallest absolute Gasteiger partial charge is 0.243 e. The molecule has 3 aromatic heterocycles. The van der Waals surface area contributed by atoms with Crippen molar-refractivity contribution in [2.24, 2.45) is 0 Å². The Hall–Kier alpha value is -1.99. The van der Waals surface area contributed by atoms with E-state index in [1.165, 1.54) is 0 Å². The Morgan fingerprint density at radius 2 is 2.14 bits per heavy atom. The van der Waals surface area contributed by atoms with Crippen molar-refractivity contribution in [1.29, 1.82) is 0 Å². The molecule has 6 nitrogen and oxygen atoms in total. The molecule has 22 heavy (non-hydrogen) atoms. The molecular formula is C15H19N5OS. The van der Waals surface area contributed by atoms with Crippen molar-refractivity contribution in [3.63, 3.8) is 0 Å². The lowest BCUT2D eigenvalue weighted by atomic mass is 10.1. The van der Waals surface area contributed by atoms with Crippen molar-refractivity contribution >= 4 is 11.3 Å². The fraction of sp³-hybridized carbons (Fsp3) is 0.400. The van der Waals surface area contributed by atoms with Gasteiger partial charge >= 0.3 is 0 Å². The zero-order valence-electron chi connectivity index (χ0n) is 12.8. The fourth-order valence-corrected chi connectivity index (χ4v) is 2.92. The van der Waals surface area contributed by atoms with Crippen molar-refractivity contribution in [3.8, 4) is 10.7 Å². The van der Waals surface area contributed by atoms with Gasteiger partial charge in [-0.1, -0.05) is 11.2 Å². The first-order chi connectivity index (χ1) is 10.6. The summed E-state index contributed by atoms with van der Waals surface area (Å²) in [6.45, 7) is 6.28. The average molecular weight is 317 g/mol. The first-order valence-electron chi connectivity index (χ1n) is 7.28. The molecule has 3 heterocycles. The van der Waals surface area contributed by atoms with E-state index in [2.05, 4.69) is 34.4 Å². The van der Waals surface area contributed by atoms with Crippen molar-refractivity contribution in [1.82, 2.24) is 25.2 Å². The summed E-state index contributed by atoms with van der Waals surface area (Å²) >= 11 is 1.60. The number of hydrogen-bond acceptors (Lipinski definition) is 6. The number of aromatic nitrogens is 4. The maximum Gasteiger partial charge on any atom is 0.243 e. The van der Waals surface area contributed by atoms with E-state index in [1.807, 2.05) is 41.4 Å². The SMILES string of the molecule is CC(NC(C)C(C)n1cccn1)c1nc(-c2cccs2)no1. The largest absolute Gasteiger partial charge is 0.337 e. The van der Waals surface area contributed by atoms with Gasteiger partial charge in [0.2, 0.25) is 11.7 Å². The summed E-state index contributed by atoms with van der Waals surface area (Å²) in [7, 11) is 0. The molecule has 116 valence electrons. The zero-order chi connectivity index (χ0) is 15.5. The van der Waals surface area contributed by atoms with Gasteiger partial charge in [-0.25, -0.2) is 0 Å². The van der Waals surface area contributed by atoms with Crippen LogP contribution < -0.4 is 5.32 Å². The van der Waals surface area contributed by atoms with E-state index in [-0.39, 0.29) is 18.1 Å². The van der Waals surface area contributed by atoms with Crippen LogP contribution in [0.15, 0.2) is 40.5 Å².